The van der Waals surface area contributed by atoms with Crippen LogP contribution in [0, 0.1) is 17.2 Å². The molecule has 1 heterocycles. The predicted molar refractivity (Wildman–Crippen MR) is 81.6 cm³/mol. The van der Waals surface area contributed by atoms with E-state index in [4.69, 9.17) is 0 Å². The molecule has 0 aromatic heterocycles. The Morgan fingerprint density at radius 3 is 2.47 bits per heavy atom. The molecule has 1 saturated heterocycles. The van der Waals surface area contributed by atoms with E-state index >= 15 is 0 Å². The molecule has 106 valence electrons. The van der Waals surface area contributed by atoms with Crippen LogP contribution in [0.15, 0.2) is 22.7 Å². The van der Waals surface area contributed by atoms with Crippen LogP contribution in [0.2, 0.25) is 0 Å². The average molecular weight is 328 g/mol. The van der Waals surface area contributed by atoms with E-state index in [2.05, 4.69) is 41.6 Å². The Morgan fingerprint density at radius 2 is 1.89 bits per heavy atom. The molecule has 1 aromatic rings. The molecule has 0 N–H and O–H groups in total. The van der Waals surface area contributed by atoms with Gasteiger partial charge in [0.15, 0.2) is 0 Å². The van der Waals surface area contributed by atoms with Gasteiger partial charge in [-0.05, 0) is 64.8 Å². The van der Waals surface area contributed by atoms with Crippen molar-refractivity contribution < 1.29 is 4.39 Å². The number of hydrogen-bond acceptors (Lipinski definition) is 1. The molecule has 0 unspecified atom stereocenters. The van der Waals surface area contributed by atoms with Crippen molar-refractivity contribution in [3.63, 3.8) is 0 Å². The highest BCUT2D eigenvalue weighted by atomic mass is 79.9. The number of halogens is 2. The number of hydrogen-bond donors (Lipinski definition) is 0. The van der Waals surface area contributed by atoms with Crippen molar-refractivity contribution in [2.45, 2.75) is 40.2 Å². The molecule has 2 rings (SSSR count). The Hall–Kier alpha value is -0.410. The zero-order chi connectivity index (χ0) is 14.0. The number of likely N-dealkylation sites (tertiary alicyclic amines) is 1. The summed E-state index contributed by atoms with van der Waals surface area (Å²) >= 11 is 3.35. The molecule has 1 fully saturated rings. The second-order valence-electron chi connectivity index (χ2n) is 6.63. The highest BCUT2D eigenvalue weighted by molar-refractivity contribution is 9.10. The van der Waals surface area contributed by atoms with Crippen molar-refractivity contribution in [1.82, 2.24) is 4.90 Å². The van der Waals surface area contributed by atoms with Crippen molar-refractivity contribution in [2.24, 2.45) is 11.3 Å². The van der Waals surface area contributed by atoms with Gasteiger partial charge in [-0.3, -0.25) is 4.90 Å². The third-order valence-electron chi connectivity index (χ3n) is 4.24. The highest BCUT2D eigenvalue weighted by Crippen LogP contribution is 2.35. The van der Waals surface area contributed by atoms with Gasteiger partial charge in [0.2, 0.25) is 0 Å². The minimum Gasteiger partial charge on any atom is -0.299 e. The number of piperidine rings is 1. The second-order valence-corrected chi connectivity index (χ2v) is 7.42. The molecular formula is C16H23BrFN. The Labute approximate surface area is 124 Å². The molecule has 0 radical (unpaired) electrons. The van der Waals surface area contributed by atoms with E-state index in [-0.39, 0.29) is 5.82 Å². The van der Waals surface area contributed by atoms with Gasteiger partial charge in [0.1, 0.15) is 5.82 Å². The summed E-state index contributed by atoms with van der Waals surface area (Å²) in [5.74, 6) is 0.641. The van der Waals surface area contributed by atoms with Crippen LogP contribution in [0.3, 0.4) is 0 Å². The molecular weight excluding hydrogens is 305 g/mol. The van der Waals surface area contributed by atoms with Crippen LogP contribution in [0.25, 0.3) is 0 Å². The van der Waals surface area contributed by atoms with Crippen molar-refractivity contribution in [3.8, 4) is 0 Å². The summed E-state index contributed by atoms with van der Waals surface area (Å²) in [5, 5.41) is 0. The van der Waals surface area contributed by atoms with Gasteiger partial charge in [-0.1, -0.05) is 32.9 Å². The molecule has 0 amide bonds. The summed E-state index contributed by atoms with van der Waals surface area (Å²) in [5.41, 5.74) is 1.46. The molecule has 1 aliphatic heterocycles. The molecule has 0 bridgehead atoms. The lowest BCUT2D eigenvalue weighted by atomic mass is 9.75. The van der Waals surface area contributed by atoms with Gasteiger partial charge in [-0.25, -0.2) is 4.39 Å². The lowest BCUT2D eigenvalue weighted by Crippen LogP contribution is -2.37. The van der Waals surface area contributed by atoms with Crippen LogP contribution < -0.4 is 0 Å². The largest absolute Gasteiger partial charge is 0.299 e. The fraction of sp³-hybridized carbons (Fsp3) is 0.625. The van der Waals surface area contributed by atoms with Crippen LogP contribution in [0.5, 0.6) is 0 Å². The van der Waals surface area contributed by atoms with Crippen LogP contribution in [-0.4, -0.2) is 18.0 Å². The van der Waals surface area contributed by atoms with Gasteiger partial charge in [-0.15, -0.1) is 0 Å². The first-order valence-electron chi connectivity index (χ1n) is 7.03. The molecule has 0 aliphatic carbocycles. The van der Waals surface area contributed by atoms with Gasteiger partial charge >= 0.3 is 0 Å². The van der Waals surface area contributed by atoms with Gasteiger partial charge < -0.3 is 0 Å². The van der Waals surface area contributed by atoms with Gasteiger partial charge in [0.05, 0.1) is 4.47 Å². The van der Waals surface area contributed by atoms with Crippen molar-refractivity contribution in [3.05, 3.63) is 34.1 Å². The first-order chi connectivity index (χ1) is 8.88. The molecule has 0 spiro atoms. The smallest absolute Gasteiger partial charge is 0.137 e. The van der Waals surface area contributed by atoms with Gasteiger partial charge in [-0.2, -0.15) is 0 Å². The highest BCUT2D eigenvalue weighted by Gasteiger charge is 2.28. The Bertz CT molecular complexity index is 431. The lowest BCUT2D eigenvalue weighted by Gasteiger charge is -2.38. The second kappa shape index (κ2) is 5.92. The van der Waals surface area contributed by atoms with Crippen LogP contribution in [-0.2, 0) is 6.54 Å². The van der Waals surface area contributed by atoms with Crippen LogP contribution in [0.4, 0.5) is 4.39 Å². The molecule has 1 aromatic carbocycles. The summed E-state index contributed by atoms with van der Waals surface area (Å²) in [6.07, 6.45) is 2.49. The number of rotatable bonds is 2. The maximum Gasteiger partial charge on any atom is 0.137 e. The normalized spacial score (nSPS) is 18.8. The zero-order valence-electron chi connectivity index (χ0n) is 12.0. The third kappa shape index (κ3) is 3.79. The maximum atomic E-state index is 13.5. The minimum absolute atomic E-state index is 0.165. The lowest BCUT2D eigenvalue weighted by molar-refractivity contribution is 0.108. The monoisotopic (exact) mass is 327 g/mol. The van der Waals surface area contributed by atoms with E-state index in [9.17, 15) is 4.39 Å². The fourth-order valence-corrected chi connectivity index (χ4v) is 3.26. The maximum absolute atomic E-state index is 13.5. The number of benzene rings is 1. The Balaban J connectivity index is 1.94. The quantitative estimate of drug-likeness (QED) is 0.750. The summed E-state index contributed by atoms with van der Waals surface area (Å²) in [7, 11) is 0. The number of nitrogens with zero attached hydrogens (tertiary/aromatic N) is 1. The van der Waals surface area contributed by atoms with E-state index in [0.717, 1.165) is 31.1 Å². The summed E-state index contributed by atoms with van der Waals surface area (Å²) in [4.78, 5) is 2.43. The van der Waals surface area contributed by atoms with Crippen LogP contribution in [0.1, 0.15) is 39.2 Å². The van der Waals surface area contributed by atoms with E-state index in [1.165, 1.54) is 18.9 Å². The average Bonchev–Trinajstić information content (AvgIpc) is 2.35. The molecule has 1 aliphatic rings. The van der Waals surface area contributed by atoms with E-state index in [1.54, 1.807) is 6.07 Å². The predicted octanol–water partition coefficient (Wildman–Crippen LogP) is 4.85. The standard InChI is InChI=1S/C16H23BrFN/c1-16(2,3)13-7-9-19(10-8-13)11-12-5-4-6-14(18)15(12)17/h4-6,13H,7-11H2,1-3H3. The van der Waals surface area contributed by atoms with Crippen LogP contribution >= 0.6 is 15.9 Å². The van der Waals surface area contributed by atoms with E-state index in [0.29, 0.717) is 9.89 Å². The zero-order valence-corrected chi connectivity index (χ0v) is 13.6. The van der Waals surface area contributed by atoms with E-state index < -0.39 is 0 Å². The SMILES string of the molecule is CC(C)(C)C1CCN(Cc2cccc(F)c2Br)CC1. The minimum atomic E-state index is -0.165. The first kappa shape index (κ1) is 15.0. The molecule has 19 heavy (non-hydrogen) atoms. The molecule has 3 heteroatoms. The molecule has 1 nitrogen and oxygen atoms in total. The summed E-state index contributed by atoms with van der Waals surface area (Å²) in [6, 6.07) is 5.29. The molecule has 0 saturated carbocycles. The van der Waals surface area contributed by atoms with Crippen molar-refractivity contribution in [2.75, 3.05) is 13.1 Å². The first-order valence-corrected chi connectivity index (χ1v) is 7.82. The summed E-state index contributed by atoms with van der Waals surface area (Å²) in [6.45, 7) is 10.1. The van der Waals surface area contributed by atoms with Crippen molar-refractivity contribution >= 4 is 15.9 Å². The van der Waals surface area contributed by atoms with E-state index in [1.807, 2.05) is 6.07 Å². The topological polar surface area (TPSA) is 3.24 Å². The molecule has 0 atom stereocenters. The Morgan fingerprint density at radius 1 is 1.26 bits per heavy atom. The van der Waals surface area contributed by atoms with Gasteiger partial charge in [0.25, 0.3) is 0 Å². The third-order valence-corrected chi connectivity index (χ3v) is 5.13. The van der Waals surface area contributed by atoms with Gasteiger partial charge in [0, 0.05) is 6.54 Å². The fourth-order valence-electron chi connectivity index (χ4n) is 2.87. The van der Waals surface area contributed by atoms with Crippen molar-refractivity contribution in [1.29, 1.82) is 0 Å². The summed E-state index contributed by atoms with van der Waals surface area (Å²) < 4.78 is 14.1. The Kier molecular flexibility index (Phi) is 4.67.